The zero-order chi connectivity index (χ0) is 13.9. The molecule has 20 heavy (non-hydrogen) atoms. The molecular formula is C18H18N2. The summed E-state index contributed by atoms with van der Waals surface area (Å²) < 4.78 is 0. The van der Waals surface area contributed by atoms with Crippen LogP contribution in [0.15, 0.2) is 73.8 Å². The molecule has 100 valence electrons. The normalized spacial score (nSPS) is 12.6. The second-order valence-electron chi connectivity index (χ2n) is 4.78. The van der Waals surface area contributed by atoms with Gasteiger partial charge in [0.2, 0.25) is 0 Å². The summed E-state index contributed by atoms with van der Waals surface area (Å²) in [6.45, 7) is 9.37. The molecule has 2 nitrogen and oxygen atoms in total. The van der Waals surface area contributed by atoms with Crippen molar-refractivity contribution < 1.29 is 0 Å². The van der Waals surface area contributed by atoms with Gasteiger partial charge in [-0.3, -0.25) is 0 Å². The largest absolute Gasteiger partial charge is 0.334 e. The highest BCUT2D eigenvalue weighted by Crippen LogP contribution is 2.47. The van der Waals surface area contributed by atoms with Crippen LogP contribution in [0.1, 0.15) is 0 Å². The summed E-state index contributed by atoms with van der Waals surface area (Å²) >= 11 is 0. The minimum Gasteiger partial charge on any atom is -0.334 e. The highest BCUT2D eigenvalue weighted by atomic mass is 15.3. The van der Waals surface area contributed by atoms with Crippen LogP contribution in [0.25, 0.3) is 0 Å². The number of rotatable bonds is 4. The van der Waals surface area contributed by atoms with E-state index in [2.05, 4.69) is 71.5 Å². The summed E-state index contributed by atoms with van der Waals surface area (Å²) in [7, 11) is 0. The number of hydrogen-bond acceptors (Lipinski definition) is 2. The van der Waals surface area contributed by atoms with Crippen LogP contribution in [0, 0.1) is 0 Å². The molecule has 1 heterocycles. The Balaban J connectivity index is 2.21. The van der Waals surface area contributed by atoms with Gasteiger partial charge in [-0.1, -0.05) is 36.4 Å². The molecule has 0 bridgehead atoms. The van der Waals surface area contributed by atoms with Crippen LogP contribution in [-0.4, -0.2) is 13.1 Å². The Morgan fingerprint density at radius 2 is 0.950 bits per heavy atom. The van der Waals surface area contributed by atoms with Crippen LogP contribution in [0.4, 0.5) is 22.7 Å². The zero-order valence-electron chi connectivity index (χ0n) is 11.5. The molecule has 0 aliphatic carbocycles. The second kappa shape index (κ2) is 5.25. The maximum atomic E-state index is 3.88. The molecule has 0 spiro atoms. The number of fused-ring (bicyclic) bond motifs is 2. The molecule has 0 radical (unpaired) electrons. The summed E-state index contributed by atoms with van der Waals surface area (Å²) in [5, 5.41) is 0. The number of anilines is 4. The lowest BCUT2D eigenvalue weighted by molar-refractivity contribution is 1.01. The average Bonchev–Trinajstić information content (AvgIpc) is 2.50. The monoisotopic (exact) mass is 262 g/mol. The van der Waals surface area contributed by atoms with Gasteiger partial charge in [-0.25, -0.2) is 0 Å². The molecule has 0 aromatic heterocycles. The smallest absolute Gasteiger partial charge is 0.0655 e. The first-order valence-electron chi connectivity index (χ1n) is 6.81. The van der Waals surface area contributed by atoms with Crippen molar-refractivity contribution in [2.45, 2.75) is 0 Å². The van der Waals surface area contributed by atoms with Gasteiger partial charge in [-0.15, -0.1) is 13.2 Å². The Labute approximate surface area is 120 Å². The predicted octanol–water partition coefficient (Wildman–Crippen LogP) is 4.65. The third kappa shape index (κ3) is 1.90. The van der Waals surface area contributed by atoms with Crippen LogP contribution in [0.5, 0.6) is 0 Å². The maximum Gasteiger partial charge on any atom is 0.0655 e. The van der Waals surface area contributed by atoms with Crippen molar-refractivity contribution in [3.05, 3.63) is 73.8 Å². The fourth-order valence-electron chi connectivity index (χ4n) is 2.75. The van der Waals surface area contributed by atoms with Crippen molar-refractivity contribution in [3.8, 4) is 0 Å². The number of hydrogen-bond donors (Lipinski definition) is 0. The molecule has 2 heteroatoms. The van der Waals surface area contributed by atoms with E-state index in [9.17, 15) is 0 Å². The molecule has 0 amide bonds. The van der Waals surface area contributed by atoms with E-state index in [1.807, 2.05) is 12.2 Å². The molecule has 0 saturated heterocycles. The van der Waals surface area contributed by atoms with Gasteiger partial charge in [-0.05, 0) is 24.3 Å². The summed E-state index contributed by atoms with van der Waals surface area (Å²) in [5.74, 6) is 0. The molecule has 1 aliphatic heterocycles. The first-order chi connectivity index (χ1) is 9.86. The molecule has 3 rings (SSSR count). The summed E-state index contributed by atoms with van der Waals surface area (Å²) in [6.07, 6.45) is 3.88. The molecule has 1 aliphatic rings. The highest BCUT2D eigenvalue weighted by molar-refractivity contribution is 5.93. The highest BCUT2D eigenvalue weighted by Gasteiger charge is 2.26. The fraction of sp³-hybridized carbons (Fsp3) is 0.111. The Bertz CT molecular complexity index is 542. The van der Waals surface area contributed by atoms with Crippen molar-refractivity contribution in [2.24, 2.45) is 0 Å². The van der Waals surface area contributed by atoms with Crippen molar-refractivity contribution in [3.63, 3.8) is 0 Å². The summed E-state index contributed by atoms with van der Waals surface area (Å²) in [6, 6.07) is 16.9. The molecular weight excluding hydrogens is 244 g/mol. The quantitative estimate of drug-likeness (QED) is 0.740. The Morgan fingerprint density at radius 3 is 1.20 bits per heavy atom. The third-order valence-corrected chi connectivity index (χ3v) is 3.55. The van der Waals surface area contributed by atoms with Crippen LogP contribution in [0.3, 0.4) is 0 Å². The minimum absolute atomic E-state index is 0.802. The van der Waals surface area contributed by atoms with Crippen molar-refractivity contribution in [1.29, 1.82) is 0 Å². The molecule has 0 unspecified atom stereocenters. The van der Waals surface area contributed by atoms with E-state index in [1.54, 1.807) is 0 Å². The number of nitrogens with zero attached hydrogens (tertiary/aromatic N) is 2. The summed E-state index contributed by atoms with van der Waals surface area (Å²) in [5.41, 5.74) is 4.86. The molecule has 0 atom stereocenters. The standard InChI is InChI=1S/C18H18N2/c1-3-13-19-15-9-5-7-11-17(15)20(14-4-2)18-12-8-6-10-16(18)19/h3-12H,1-2,13-14H2. The third-order valence-electron chi connectivity index (χ3n) is 3.55. The second-order valence-corrected chi connectivity index (χ2v) is 4.78. The first kappa shape index (κ1) is 12.5. The maximum absolute atomic E-state index is 3.88. The first-order valence-corrected chi connectivity index (χ1v) is 6.81. The van der Waals surface area contributed by atoms with Crippen LogP contribution in [0.2, 0.25) is 0 Å². The minimum atomic E-state index is 0.802. The van der Waals surface area contributed by atoms with Crippen LogP contribution < -0.4 is 9.80 Å². The lowest BCUT2D eigenvalue weighted by Gasteiger charge is -2.39. The van der Waals surface area contributed by atoms with E-state index in [0.717, 1.165) is 13.1 Å². The molecule has 2 aromatic rings. The van der Waals surface area contributed by atoms with Crippen molar-refractivity contribution >= 4 is 22.7 Å². The van der Waals surface area contributed by atoms with Crippen LogP contribution in [-0.2, 0) is 0 Å². The Kier molecular flexibility index (Phi) is 3.30. The fourth-order valence-corrected chi connectivity index (χ4v) is 2.75. The zero-order valence-corrected chi connectivity index (χ0v) is 11.5. The Hall–Kier alpha value is -2.48. The number of benzene rings is 2. The van der Waals surface area contributed by atoms with Crippen molar-refractivity contribution in [1.82, 2.24) is 0 Å². The van der Waals surface area contributed by atoms with Gasteiger partial charge < -0.3 is 9.80 Å². The van der Waals surface area contributed by atoms with Crippen molar-refractivity contribution in [2.75, 3.05) is 22.9 Å². The van der Waals surface area contributed by atoms with E-state index in [4.69, 9.17) is 0 Å². The molecule has 0 N–H and O–H groups in total. The van der Waals surface area contributed by atoms with Gasteiger partial charge in [0, 0.05) is 13.1 Å². The van der Waals surface area contributed by atoms with Gasteiger partial charge >= 0.3 is 0 Å². The SMILES string of the molecule is C=CCN1c2ccccc2N(CC=C)c2ccccc21. The van der Waals surface area contributed by atoms with Gasteiger partial charge in [0.15, 0.2) is 0 Å². The predicted molar refractivity (Wildman–Crippen MR) is 87.3 cm³/mol. The topological polar surface area (TPSA) is 6.48 Å². The molecule has 0 fully saturated rings. The van der Waals surface area contributed by atoms with Gasteiger partial charge in [0.25, 0.3) is 0 Å². The van der Waals surface area contributed by atoms with Crippen LogP contribution >= 0.6 is 0 Å². The van der Waals surface area contributed by atoms with Gasteiger partial charge in [0.1, 0.15) is 0 Å². The summed E-state index contributed by atoms with van der Waals surface area (Å²) in [4.78, 5) is 4.61. The van der Waals surface area contributed by atoms with E-state index < -0.39 is 0 Å². The van der Waals surface area contributed by atoms with Gasteiger partial charge in [0.05, 0.1) is 22.7 Å². The number of para-hydroxylation sites is 4. The van der Waals surface area contributed by atoms with Gasteiger partial charge in [-0.2, -0.15) is 0 Å². The molecule has 0 saturated carbocycles. The average molecular weight is 262 g/mol. The van der Waals surface area contributed by atoms with E-state index in [-0.39, 0.29) is 0 Å². The van der Waals surface area contributed by atoms with E-state index in [1.165, 1.54) is 22.7 Å². The lowest BCUT2D eigenvalue weighted by Crippen LogP contribution is -2.29. The lowest BCUT2D eigenvalue weighted by atomic mass is 10.1. The molecule has 2 aromatic carbocycles. The van der Waals surface area contributed by atoms with E-state index >= 15 is 0 Å². The van der Waals surface area contributed by atoms with E-state index in [0.29, 0.717) is 0 Å². The Morgan fingerprint density at radius 1 is 0.650 bits per heavy atom.